The summed E-state index contributed by atoms with van der Waals surface area (Å²) >= 11 is 3.45. The van der Waals surface area contributed by atoms with Crippen LogP contribution in [0.5, 0.6) is 0 Å². The number of nitrogens with zero attached hydrogens (tertiary/aromatic N) is 1. The third kappa shape index (κ3) is 4.04. The average Bonchev–Trinajstić information content (AvgIpc) is 2.47. The standard InChI is InChI=1S/C15H21BrN2O2/c1-3-18-6-7-20-13(10-18)9-17-15(19)12-5-4-11(2)14(16)8-12/h4-5,8,13H,3,6-7,9-10H2,1-2H3,(H,17,19). The second-order valence-electron chi connectivity index (χ2n) is 5.06. The van der Waals surface area contributed by atoms with Crippen molar-refractivity contribution >= 4 is 21.8 Å². The van der Waals surface area contributed by atoms with Crippen LogP contribution < -0.4 is 5.32 Å². The molecule has 0 spiro atoms. The first-order valence-electron chi connectivity index (χ1n) is 6.98. The molecule has 0 radical (unpaired) electrons. The number of amides is 1. The lowest BCUT2D eigenvalue weighted by molar-refractivity contribution is -0.0246. The second-order valence-corrected chi connectivity index (χ2v) is 5.91. The van der Waals surface area contributed by atoms with Gasteiger partial charge in [0.1, 0.15) is 0 Å². The molecule has 1 unspecified atom stereocenters. The van der Waals surface area contributed by atoms with Crippen LogP contribution in [0.15, 0.2) is 22.7 Å². The Morgan fingerprint density at radius 3 is 3.05 bits per heavy atom. The molecule has 1 aromatic carbocycles. The number of aryl methyl sites for hydroxylation is 1. The van der Waals surface area contributed by atoms with Crippen LogP contribution >= 0.6 is 15.9 Å². The number of morpholine rings is 1. The van der Waals surface area contributed by atoms with Gasteiger partial charge in [0.2, 0.25) is 0 Å². The van der Waals surface area contributed by atoms with Gasteiger partial charge in [-0.05, 0) is 31.2 Å². The number of halogens is 1. The molecule has 1 atom stereocenters. The molecule has 1 N–H and O–H groups in total. The van der Waals surface area contributed by atoms with E-state index < -0.39 is 0 Å². The Kier molecular flexibility index (Phi) is 5.57. The first kappa shape index (κ1) is 15.5. The SMILES string of the molecule is CCN1CCOC(CNC(=O)c2ccc(C)c(Br)c2)C1. The van der Waals surface area contributed by atoms with Crippen LogP contribution in [0.2, 0.25) is 0 Å². The second kappa shape index (κ2) is 7.20. The third-order valence-corrected chi connectivity index (χ3v) is 4.45. The molecule has 5 heteroatoms. The summed E-state index contributed by atoms with van der Waals surface area (Å²) in [5.41, 5.74) is 1.79. The summed E-state index contributed by atoms with van der Waals surface area (Å²) in [6.45, 7) is 8.33. The van der Waals surface area contributed by atoms with Gasteiger partial charge in [0.25, 0.3) is 5.91 Å². The number of rotatable bonds is 4. The zero-order valence-corrected chi connectivity index (χ0v) is 13.6. The van der Waals surface area contributed by atoms with Gasteiger partial charge < -0.3 is 10.1 Å². The summed E-state index contributed by atoms with van der Waals surface area (Å²) in [7, 11) is 0. The molecule has 0 bridgehead atoms. The highest BCUT2D eigenvalue weighted by molar-refractivity contribution is 9.10. The first-order chi connectivity index (χ1) is 9.60. The molecule has 0 saturated carbocycles. The predicted molar refractivity (Wildman–Crippen MR) is 83.1 cm³/mol. The van der Waals surface area contributed by atoms with E-state index in [1.807, 2.05) is 25.1 Å². The zero-order valence-electron chi connectivity index (χ0n) is 12.0. The lowest BCUT2D eigenvalue weighted by Gasteiger charge is -2.32. The van der Waals surface area contributed by atoms with Crippen molar-refractivity contribution in [1.29, 1.82) is 0 Å². The van der Waals surface area contributed by atoms with Gasteiger partial charge in [-0.2, -0.15) is 0 Å². The molecule has 110 valence electrons. The molecule has 20 heavy (non-hydrogen) atoms. The number of likely N-dealkylation sites (N-methyl/N-ethyl adjacent to an activating group) is 1. The summed E-state index contributed by atoms with van der Waals surface area (Å²) in [4.78, 5) is 14.4. The highest BCUT2D eigenvalue weighted by Gasteiger charge is 2.20. The number of carbonyl (C=O) groups is 1. The lowest BCUT2D eigenvalue weighted by Crippen LogP contribution is -2.47. The Balaban J connectivity index is 1.87. The molecule has 1 aliphatic heterocycles. The van der Waals surface area contributed by atoms with Gasteiger partial charge in [-0.1, -0.05) is 28.9 Å². The number of hydrogen-bond acceptors (Lipinski definition) is 3. The van der Waals surface area contributed by atoms with E-state index in [9.17, 15) is 4.79 Å². The van der Waals surface area contributed by atoms with E-state index >= 15 is 0 Å². The van der Waals surface area contributed by atoms with Crippen LogP contribution in [-0.4, -0.2) is 49.7 Å². The number of hydrogen-bond donors (Lipinski definition) is 1. The number of carbonyl (C=O) groups excluding carboxylic acids is 1. The van der Waals surface area contributed by atoms with Crippen molar-refractivity contribution in [2.75, 3.05) is 32.8 Å². The summed E-state index contributed by atoms with van der Waals surface area (Å²) < 4.78 is 6.63. The van der Waals surface area contributed by atoms with E-state index in [2.05, 4.69) is 33.1 Å². The predicted octanol–water partition coefficient (Wildman–Crippen LogP) is 2.21. The van der Waals surface area contributed by atoms with Crippen LogP contribution in [0.25, 0.3) is 0 Å². The van der Waals surface area contributed by atoms with E-state index in [-0.39, 0.29) is 12.0 Å². The van der Waals surface area contributed by atoms with Crippen molar-refractivity contribution in [1.82, 2.24) is 10.2 Å². The van der Waals surface area contributed by atoms with Gasteiger partial charge in [-0.25, -0.2) is 0 Å². The first-order valence-corrected chi connectivity index (χ1v) is 7.77. The van der Waals surface area contributed by atoms with Gasteiger partial charge in [0.05, 0.1) is 12.7 Å². The minimum absolute atomic E-state index is 0.0529. The largest absolute Gasteiger partial charge is 0.374 e. The molecule has 0 aliphatic carbocycles. The minimum atomic E-state index is -0.0529. The van der Waals surface area contributed by atoms with Crippen LogP contribution in [0.4, 0.5) is 0 Å². The fourth-order valence-corrected chi connectivity index (χ4v) is 2.61. The Morgan fingerprint density at radius 1 is 1.55 bits per heavy atom. The van der Waals surface area contributed by atoms with Crippen molar-refractivity contribution in [2.24, 2.45) is 0 Å². The summed E-state index contributed by atoms with van der Waals surface area (Å²) in [6.07, 6.45) is 0.0848. The highest BCUT2D eigenvalue weighted by atomic mass is 79.9. The Morgan fingerprint density at radius 2 is 2.35 bits per heavy atom. The molecule has 1 amide bonds. The summed E-state index contributed by atoms with van der Waals surface area (Å²) in [5.74, 6) is -0.0529. The fraction of sp³-hybridized carbons (Fsp3) is 0.533. The maximum atomic E-state index is 12.1. The maximum Gasteiger partial charge on any atom is 0.251 e. The smallest absolute Gasteiger partial charge is 0.251 e. The van der Waals surface area contributed by atoms with E-state index in [0.717, 1.165) is 36.3 Å². The van der Waals surface area contributed by atoms with Crippen molar-refractivity contribution in [3.05, 3.63) is 33.8 Å². The van der Waals surface area contributed by atoms with Gasteiger partial charge in [0, 0.05) is 29.7 Å². The summed E-state index contributed by atoms with van der Waals surface area (Å²) in [6, 6.07) is 5.63. The van der Waals surface area contributed by atoms with Gasteiger partial charge >= 0.3 is 0 Å². The molecule has 1 saturated heterocycles. The molecular weight excluding hydrogens is 320 g/mol. The zero-order chi connectivity index (χ0) is 14.5. The third-order valence-electron chi connectivity index (χ3n) is 3.59. The number of benzene rings is 1. The van der Waals surface area contributed by atoms with E-state index in [4.69, 9.17) is 4.74 Å². The number of nitrogens with one attached hydrogen (secondary N) is 1. The normalized spacial score (nSPS) is 19.9. The molecular formula is C15H21BrN2O2. The molecule has 1 heterocycles. The van der Waals surface area contributed by atoms with Crippen LogP contribution in [0.3, 0.4) is 0 Å². The van der Waals surface area contributed by atoms with Crippen molar-refractivity contribution in [3.63, 3.8) is 0 Å². The highest BCUT2D eigenvalue weighted by Crippen LogP contribution is 2.17. The molecule has 0 aromatic heterocycles. The Hall–Kier alpha value is -0.910. The van der Waals surface area contributed by atoms with E-state index in [0.29, 0.717) is 12.1 Å². The number of ether oxygens (including phenoxy) is 1. The Labute approximate surface area is 128 Å². The Bertz CT molecular complexity index is 479. The van der Waals surface area contributed by atoms with Crippen LogP contribution in [0, 0.1) is 6.92 Å². The quantitative estimate of drug-likeness (QED) is 0.913. The molecule has 1 aromatic rings. The van der Waals surface area contributed by atoms with Gasteiger partial charge in [0.15, 0.2) is 0 Å². The van der Waals surface area contributed by atoms with Crippen LogP contribution in [-0.2, 0) is 4.74 Å². The average molecular weight is 341 g/mol. The van der Waals surface area contributed by atoms with E-state index in [1.54, 1.807) is 0 Å². The van der Waals surface area contributed by atoms with Gasteiger partial charge in [-0.15, -0.1) is 0 Å². The topological polar surface area (TPSA) is 41.6 Å². The monoisotopic (exact) mass is 340 g/mol. The van der Waals surface area contributed by atoms with Gasteiger partial charge in [-0.3, -0.25) is 9.69 Å². The molecule has 2 rings (SSSR count). The van der Waals surface area contributed by atoms with Crippen molar-refractivity contribution in [2.45, 2.75) is 20.0 Å². The molecule has 1 aliphatic rings. The fourth-order valence-electron chi connectivity index (χ4n) is 2.23. The maximum absolute atomic E-state index is 12.1. The minimum Gasteiger partial charge on any atom is -0.374 e. The van der Waals surface area contributed by atoms with Crippen LogP contribution in [0.1, 0.15) is 22.8 Å². The molecule has 4 nitrogen and oxygen atoms in total. The molecule has 1 fully saturated rings. The lowest BCUT2D eigenvalue weighted by atomic mass is 10.1. The summed E-state index contributed by atoms with van der Waals surface area (Å²) in [5, 5.41) is 2.95. The van der Waals surface area contributed by atoms with Crippen molar-refractivity contribution < 1.29 is 9.53 Å². The van der Waals surface area contributed by atoms with E-state index in [1.165, 1.54) is 0 Å². The van der Waals surface area contributed by atoms with Crippen molar-refractivity contribution in [3.8, 4) is 0 Å².